The summed E-state index contributed by atoms with van der Waals surface area (Å²) in [6.45, 7) is 2.58. The predicted octanol–water partition coefficient (Wildman–Crippen LogP) is 4.34. The first-order valence-corrected chi connectivity index (χ1v) is 7.74. The normalized spacial score (nSPS) is 18.6. The van der Waals surface area contributed by atoms with Gasteiger partial charge in [-0.15, -0.1) is 0 Å². The molecule has 1 fully saturated rings. The van der Waals surface area contributed by atoms with E-state index in [4.69, 9.17) is 4.74 Å². The number of halogens is 3. The zero-order valence-electron chi connectivity index (χ0n) is 11.8. The van der Waals surface area contributed by atoms with Crippen LogP contribution in [0.4, 0.5) is 8.78 Å². The maximum Gasteiger partial charge on any atom is 0.145 e. The van der Waals surface area contributed by atoms with Crippen LogP contribution in [0.15, 0.2) is 16.6 Å². The van der Waals surface area contributed by atoms with Crippen LogP contribution in [0, 0.1) is 11.6 Å². The fraction of sp³-hybridized carbons (Fsp3) is 0.600. The molecule has 1 N–H and O–H groups in total. The molecular formula is C15H20BrF2NO. The molecule has 1 atom stereocenters. The Morgan fingerprint density at radius 2 is 2.10 bits per heavy atom. The van der Waals surface area contributed by atoms with Crippen LogP contribution in [0.1, 0.15) is 44.2 Å². The van der Waals surface area contributed by atoms with Crippen LogP contribution in [0.2, 0.25) is 0 Å². The lowest BCUT2D eigenvalue weighted by molar-refractivity contribution is -0.0840. The van der Waals surface area contributed by atoms with Crippen LogP contribution in [-0.2, 0) is 4.74 Å². The van der Waals surface area contributed by atoms with E-state index in [0.717, 1.165) is 19.3 Å². The van der Waals surface area contributed by atoms with Crippen molar-refractivity contribution in [1.82, 2.24) is 5.32 Å². The maximum absolute atomic E-state index is 14.3. The second-order valence-electron chi connectivity index (χ2n) is 5.31. The number of benzene rings is 1. The van der Waals surface area contributed by atoms with Crippen LogP contribution in [0.25, 0.3) is 0 Å². The summed E-state index contributed by atoms with van der Waals surface area (Å²) in [5.74, 6) is -1.04. The van der Waals surface area contributed by atoms with Crippen molar-refractivity contribution in [1.29, 1.82) is 0 Å². The molecule has 0 bridgehead atoms. The van der Waals surface area contributed by atoms with Gasteiger partial charge >= 0.3 is 0 Å². The van der Waals surface area contributed by atoms with Gasteiger partial charge in [-0.05, 0) is 60.3 Å². The van der Waals surface area contributed by atoms with Gasteiger partial charge in [0.05, 0.1) is 10.1 Å². The first-order chi connectivity index (χ1) is 9.53. The van der Waals surface area contributed by atoms with E-state index in [9.17, 15) is 8.78 Å². The van der Waals surface area contributed by atoms with E-state index < -0.39 is 11.6 Å². The molecule has 1 aliphatic carbocycles. The Morgan fingerprint density at radius 3 is 2.60 bits per heavy atom. The highest BCUT2D eigenvalue weighted by molar-refractivity contribution is 9.10. The van der Waals surface area contributed by atoms with E-state index in [2.05, 4.69) is 21.2 Å². The maximum atomic E-state index is 14.3. The van der Waals surface area contributed by atoms with Gasteiger partial charge in [0.1, 0.15) is 11.6 Å². The van der Waals surface area contributed by atoms with Gasteiger partial charge in [0, 0.05) is 18.7 Å². The Morgan fingerprint density at radius 1 is 1.40 bits per heavy atom. The van der Waals surface area contributed by atoms with Gasteiger partial charge in [0.15, 0.2) is 0 Å². The Balaban J connectivity index is 2.31. The van der Waals surface area contributed by atoms with Crippen LogP contribution in [0.5, 0.6) is 0 Å². The van der Waals surface area contributed by atoms with Gasteiger partial charge in [-0.1, -0.05) is 6.92 Å². The molecule has 0 heterocycles. The highest BCUT2D eigenvalue weighted by Gasteiger charge is 2.40. The highest BCUT2D eigenvalue weighted by atomic mass is 79.9. The topological polar surface area (TPSA) is 21.3 Å². The standard InChI is InChI=1S/C15H20BrF2NO/c1-3-19-12(9-15(20-2)7-4-8-15)13-11(17)6-5-10(16)14(13)18/h5-6,12,19H,3-4,7-9H2,1-2H3. The lowest BCUT2D eigenvalue weighted by Crippen LogP contribution is -2.43. The summed E-state index contributed by atoms with van der Waals surface area (Å²) in [6, 6.07) is 2.32. The van der Waals surface area contributed by atoms with E-state index >= 15 is 0 Å². The van der Waals surface area contributed by atoms with E-state index in [0.29, 0.717) is 13.0 Å². The fourth-order valence-corrected chi connectivity index (χ4v) is 3.17. The number of nitrogens with one attached hydrogen (secondary N) is 1. The van der Waals surface area contributed by atoms with E-state index in [1.165, 1.54) is 12.1 Å². The number of methoxy groups -OCH3 is 1. The Hall–Kier alpha value is -0.520. The largest absolute Gasteiger partial charge is 0.378 e. The van der Waals surface area contributed by atoms with Gasteiger partial charge in [-0.2, -0.15) is 0 Å². The van der Waals surface area contributed by atoms with Gasteiger partial charge in [0.25, 0.3) is 0 Å². The second-order valence-corrected chi connectivity index (χ2v) is 6.17. The molecule has 20 heavy (non-hydrogen) atoms. The molecule has 1 aromatic carbocycles. The summed E-state index contributed by atoms with van der Waals surface area (Å²) in [4.78, 5) is 0. The summed E-state index contributed by atoms with van der Waals surface area (Å²) in [6.07, 6.45) is 3.59. The van der Waals surface area contributed by atoms with Crippen molar-refractivity contribution in [3.05, 3.63) is 33.8 Å². The van der Waals surface area contributed by atoms with Gasteiger partial charge in [-0.3, -0.25) is 0 Å². The molecule has 1 saturated carbocycles. The van der Waals surface area contributed by atoms with E-state index in [1.807, 2.05) is 6.92 Å². The number of hydrogen-bond donors (Lipinski definition) is 1. The molecule has 2 nitrogen and oxygen atoms in total. The molecule has 1 aliphatic rings. The van der Waals surface area contributed by atoms with E-state index in [1.54, 1.807) is 7.11 Å². The summed E-state index contributed by atoms with van der Waals surface area (Å²) < 4.78 is 34.2. The third kappa shape index (κ3) is 3.05. The van der Waals surface area contributed by atoms with E-state index in [-0.39, 0.29) is 21.7 Å². The van der Waals surface area contributed by atoms with Crippen LogP contribution >= 0.6 is 15.9 Å². The first kappa shape index (κ1) is 15.9. The SMILES string of the molecule is CCNC(CC1(OC)CCC1)c1c(F)ccc(Br)c1F. The van der Waals surface area contributed by atoms with Gasteiger partial charge < -0.3 is 10.1 Å². The number of rotatable bonds is 6. The first-order valence-electron chi connectivity index (χ1n) is 6.95. The number of ether oxygens (including phenoxy) is 1. The Labute approximate surface area is 127 Å². The average molecular weight is 348 g/mol. The van der Waals surface area contributed by atoms with Crippen molar-refractivity contribution in [3.63, 3.8) is 0 Å². The van der Waals surface area contributed by atoms with Crippen molar-refractivity contribution < 1.29 is 13.5 Å². The molecule has 1 unspecified atom stereocenters. The average Bonchev–Trinajstić information content (AvgIpc) is 2.38. The van der Waals surface area contributed by atoms with Gasteiger partial charge in [-0.25, -0.2) is 8.78 Å². The molecule has 5 heteroatoms. The quantitative estimate of drug-likeness (QED) is 0.773. The minimum atomic E-state index is -0.526. The van der Waals surface area contributed by atoms with Gasteiger partial charge in [0.2, 0.25) is 0 Å². The van der Waals surface area contributed by atoms with Crippen molar-refractivity contribution in [2.75, 3.05) is 13.7 Å². The summed E-state index contributed by atoms with van der Waals surface area (Å²) in [5.41, 5.74) is -0.141. The molecule has 1 aromatic rings. The van der Waals surface area contributed by atoms with Crippen LogP contribution in [-0.4, -0.2) is 19.3 Å². The molecular weight excluding hydrogens is 328 g/mol. The predicted molar refractivity (Wildman–Crippen MR) is 78.7 cm³/mol. The van der Waals surface area contributed by atoms with Crippen molar-refractivity contribution in [2.45, 2.75) is 44.2 Å². The molecule has 2 rings (SSSR count). The smallest absolute Gasteiger partial charge is 0.145 e. The molecule has 112 valence electrons. The lowest BCUT2D eigenvalue weighted by Gasteiger charge is -2.43. The van der Waals surface area contributed by atoms with Crippen molar-refractivity contribution in [2.24, 2.45) is 0 Å². The minimum absolute atomic E-state index is 0.101. The Kier molecular flexibility index (Phi) is 5.15. The molecule has 0 amide bonds. The monoisotopic (exact) mass is 347 g/mol. The summed E-state index contributed by atoms with van der Waals surface area (Å²) in [7, 11) is 1.68. The highest BCUT2D eigenvalue weighted by Crippen LogP contribution is 2.43. The molecule has 0 radical (unpaired) electrons. The lowest BCUT2D eigenvalue weighted by atomic mass is 9.74. The van der Waals surface area contributed by atoms with Crippen molar-refractivity contribution >= 4 is 15.9 Å². The fourth-order valence-electron chi connectivity index (χ4n) is 2.82. The zero-order chi connectivity index (χ0) is 14.8. The molecule has 0 saturated heterocycles. The third-order valence-electron chi connectivity index (χ3n) is 4.15. The molecule has 0 aliphatic heterocycles. The van der Waals surface area contributed by atoms with Crippen LogP contribution in [0.3, 0.4) is 0 Å². The third-order valence-corrected chi connectivity index (χ3v) is 4.76. The minimum Gasteiger partial charge on any atom is -0.378 e. The zero-order valence-corrected chi connectivity index (χ0v) is 13.4. The summed E-state index contributed by atoms with van der Waals surface area (Å²) >= 11 is 3.13. The molecule has 0 spiro atoms. The van der Waals surface area contributed by atoms with Crippen LogP contribution < -0.4 is 5.32 Å². The number of hydrogen-bond acceptors (Lipinski definition) is 2. The Bertz CT molecular complexity index is 472. The van der Waals surface area contributed by atoms with Crippen molar-refractivity contribution in [3.8, 4) is 0 Å². The molecule has 0 aromatic heterocycles. The summed E-state index contributed by atoms with van der Waals surface area (Å²) in [5, 5.41) is 3.19. The second kappa shape index (κ2) is 6.50.